The highest BCUT2D eigenvalue weighted by Crippen LogP contribution is 2.67. The lowest BCUT2D eigenvalue weighted by atomic mass is 9.47. The van der Waals surface area contributed by atoms with Gasteiger partial charge in [-0.2, -0.15) is 0 Å². The van der Waals surface area contributed by atoms with Crippen LogP contribution in [0.4, 0.5) is 4.79 Å². The van der Waals surface area contributed by atoms with Crippen LogP contribution in [0.2, 0.25) is 0 Å². The molecule has 8 atom stereocenters. The molecule has 4 N–H and O–H groups in total. The van der Waals surface area contributed by atoms with E-state index in [1.54, 1.807) is 4.90 Å². The summed E-state index contributed by atoms with van der Waals surface area (Å²) in [5.74, 6) is 4.87. The highest BCUT2D eigenvalue weighted by Gasteiger charge is 2.59. The number of nitrogens with zero attached hydrogens (tertiary/aromatic N) is 1. The summed E-state index contributed by atoms with van der Waals surface area (Å²) in [6.45, 7) is 17.2. The van der Waals surface area contributed by atoms with Gasteiger partial charge in [-0.15, -0.1) is 0 Å². The Bertz CT molecular complexity index is 1370. The molecule has 370 valence electrons. The molecule has 0 aromatic rings. The molecule has 4 rings (SSSR count). The number of nitrogens with two attached hydrogens (primary N) is 1. The van der Waals surface area contributed by atoms with Crippen molar-refractivity contribution in [2.75, 3.05) is 32.7 Å². The fraction of sp³-hybridized carbons (Fsp3) is 0.911. The molecule has 0 unspecified atom stereocenters. The van der Waals surface area contributed by atoms with Crippen LogP contribution in [-0.4, -0.2) is 61.6 Å². The van der Waals surface area contributed by atoms with Crippen molar-refractivity contribution >= 4 is 17.9 Å². The molecule has 0 aromatic heterocycles. The first-order chi connectivity index (χ1) is 30.9. The van der Waals surface area contributed by atoms with E-state index < -0.39 is 0 Å². The van der Waals surface area contributed by atoms with Gasteiger partial charge in [-0.3, -0.25) is 14.5 Å². The van der Waals surface area contributed by atoms with Crippen molar-refractivity contribution in [3.05, 3.63) is 11.6 Å². The standard InChI is InChI=1S/C56H102N4O4/c1-7-8-9-10-11-12-13-14-15-16-17-18-21-29-52(61)58-39-23-19-20-25-41-60(43-53(62)59-40-24-22-38-57)54(63)64-47-34-36-55(5)46(42-47)30-31-48-50-33-32-49(45(4)28-26-27-44(2)3)56(50,6)37-35-51(48)55/h30,44-45,47-51H,7-29,31-43,57H2,1-6H3,(H,58,61)(H,59,62)/t45-,47+,48+,49-,50+,51+,55+,56-/m1/s1. The van der Waals surface area contributed by atoms with E-state index in [4.69, 9.17) is 10.5 Å². The number of nitrogens with one attached hydrogen (secondary N) is 2. The molecule has 0 saturated heterocycles. The topological polar surface area (TPSA) is 114 Å². The van der Waals surface area contributed by atoms with E-state index in [9.17, 15) is 14.4 Å². The minimum atomic E-state index is -0.353. The van der Waals surface area contributed by atoms with E-state index in [1.165, 1.54) is 128 Å². The second kappa shape index (κ2) is 29.6. The van der Waals surface area contributed by atoms with Crippen LogP contribution in [-0.2, 0) is 14.3 Å². The van der Waals surface area contributed by atoms with E-state index in [0.717, 1.165) is 106 Å². The summed E-state index contributed by atoms with van der Waals surface area (Å²) in [6, 6.07) is 0. The van der Waals surface area contributed by atoms with Crippen LogP contribution >= 0.6 is 0 Å². The van der Waals surface area contributed by atoms with Gasteiger partial charge in [-0.25, -0.2) is 4.79 Å². The highest BCUT2D eigenvalue weighted by molar-refractivity contribution is 5.82. The van der Waals surface area contributed by atoms with Gasteiger partial charge in [0.1, 0.15) is 12.6 Å². The lowest BCUT2D eigenvalue weighted by Gasteiger charge is -2.58. The number of fused-ring (bicyclic) bond motifs is 5. The minimum absolute atomic E-state index is 0.0189. The van der Waals surface area contributed by atoms with Crippen LogP contribution in [0.5, 0.6) is 0 Å². The van der Waals surface area contributed by atoms with Crippen molar-refractivity contribution in [2.45, 2.75) is 247 Å². The van der Waals surface area contributed by atoms with Gasteiger partial charge >= 0.3 is 6.09 Å². The highest BCUT2D eigenvalue weighted by atomic mass is 16.6. The Balaban J connectivity index is 1.16. The molecule has 3 fully saturated rings. The van der Waals surface area contributed by atoms with Crippen molar-refractivity contribution in [3.8, 4) is 0 Å². The Morgan fingerprint density at radius 1 is 0.719 bits per heavy atom. The van der Waals surface area contributed by atoms with Gasteiger partial charge in [0.2, 0.25) is 11.8 Å². The van der Waals surface area contributed by atoms with Gasteiger partial charge in [-0.05, 0) is 130 Å². The molecule has 0 aromatic carbocycles. The SMILES string of the molecule is CCCCCCCCCCCCCCCC(=O)NCCCCCCN(CC(=O)NCCCCN)C(=O)O[C@H]1CC[C@@]2(C)C(=CC[C@H]3[C@@H]4CC[C@H]([C@H](C)CCCC(C)C)[C@@]4(C)CC[C@@H]32)C1. The molecule has 8 heteroatoms. The molecular weight excluding hydrogens is 793 g/mol. The van der Waals surface area contributed by atoms with E-state index in [-0.39, 0.29) is 36.0 Å². The zero-order valence-corrected chi connectivity index (χ0v) is 42.7. The number of hydrogen-bond acceptors (Lipinski definition) is 5. The predicted molar refractivity (Wildman–Crippen MR) is 268 cm³/mol. The molecule has 0 spiro atoms. The average molecular weight is 895 g/mol. The van der Waals surface area contributed by atoms with Crippen LogP contribution < -0.4 is 16.4 Å². The van der Waals surface area contributed by atoms with Crippen LogP contribution in [0.3, 0.4) is 0 Å². The molecule has 0 aliphatic heterocycles. The van der Waals surface area contributed by atoms with E-state index in [2.05, 4.69) is 58.3 Å². The normalized spacial score (nSPS) is 26.7. The van der Waals surface area contributed by atoms with E-state index >= 15 is 0 Å². The number of carbonyl (C=O) groups excluding carboxylic acids is 3. The Morgan fingerprint density at radius 2 is 1.34 bits per heavy atom. The van der Waals surface area contributed by atoms with Crippen LogP contribution in [0.15, 0.2) is 11.6 Å². The molecule has 8 nitrogen and oxygen atoms in total. The maximum atomic E-state index is 13.9. The zero-order chi connectivity index (χ0) is 46.2. The molecule has 3 amide bonds. The van der Waals surface area contributed by atoms with Crippen molar-refractivity contribution in [1.29, 1.82) is 0 Å². The number of allylic oxidation sites excluding steroid dienone is 1. The summed E-state index contributed by atoms with van der Waals surface area (Å²) in [5, 5.41) is 6.11. The summed E-state index contributed by atoms with van der Waals surface area (Å²) < 4.78 is 6.31. The molecular formula is C56H102N4O4. The maximum absolute atomic E-state index is 13.9. The second-order valence-electron chi connectivity index (χ2n) is 22.6. The third kappa shape index (κ3) is 17.5. The second-order valence-corrected chi connectivity index (χ2v) is 22.6. The zero-order valence-electron chi connectivity index (χ0n) is 42.7. The number of hydrogen-bond donors (Lipinski definition) is 3. The van der Waals surface area contributed by atoms with Crippen LogP contribution in [0, 0.1) is 46.3 Å². The molecule has 0 radical (unpaired) electrons. The van der Waals surface area contributed by atoms with Crippen LogP contribution in [0.1, 0.15) is 241 Å². The summed E-state index contributed by atoms with van der Waals surface area (Å²) in [6.07, 6.45) is 38.7. The first kappa shape index (κ1) is 54.5. The molecule has 0 bridgehead atoms. The molecule has 4 aliphatic carbocycles. The Hall–Kier alpha value is -2.09. The molecule has 64 heavy (non-hydrogen) atoms. The third-order valence-corrected chi connectivity index (χ3v) is 17.3. The number of unbranched alkanes of at least 4 members (excludes halogenated alkanes) is 16. The Labute approximate surface area is 394 Å². The van der Waals surface area contributed by atoms with Gasteiger partial charge in [0.15, 0.2) is 0 Å². The summed E-state index contributed by atoms with van der Waals surface area (Å²) >= 11 is 0. The first-order valence-corrected chi connectivity index (χ1v) is 27.8. The lowest BCUT2D eigenvalue weighted by molar-refractivity contribution is -0.122. The monoisotopic (exact) mass is 895 g/mol. The summed E-state index contributed by atoms with van der Waals surface area (Å²) in [4.78, 5) is 40.9. The van der Waals surface area contributed by atoms with E-state index in [0.29, 0.717) is 38.0 Å². The van der Waals surface area contributed by atoms with Crippen molar-refractivity contribution in [1.82, 2.24) is 15.5 Å². The largest absolute Gasteiger partial charge is 0.446 e. The quantitative estimate of drug-likeness (QED) is 0.0448. The molecule has 4 aliphatic rings. The van der Waals surface area contributed by atoms with Crippen LogP contribution in [0.25, 0.3) is 0 Å². The number of rotatable bonds is 33. The predicted octanol–water partition coefficient (Wildman–Crippen LogP) is 13.8. The fourth-order valence-electron chi connectivity index (χ4n) is 13.3. The summed E-state index contributed by atoms with van der Waals surface area (Å²) in [7, 11) is 0. The molecule has 3 saturated carbocycles. The molecule has 0 heterocycles. The van der Waals surface area contributed by atoms with Gasteiger partial charge in [0.25, 0.3) is 0 Å². The van der Waals surface area contributed by atoms with Crippen molar-refractivity contribution < 1.29 is 19.1 Å². The third-order valence-electron chi connectivity index (χ3n) is 17.3. The van der Waals surface area contributed by atoms with Gasteiger partial charge in [-0.1, -0.05) is 162 Å². The average Bonchev–Trinajstić information content (AvgIpc) is 3.63. The van der Waals surface area contributed by atoms with Gasteiger partial charge < -0.3 is 21.1 Å². The Morgan fingerprint density at radius 3 is 2.02 bits per heavy atom. The van der Waals surface area contributed by atoms with Crippen molar-refractivity contribution in [2.24, 2.45) is 52.1 Å². The lowest BCUT2D eigenvalue weighted by Crippen LogP contribution is -2.51. The summed E-state index contributed by atoms with van der Waals surface area (Å²) in [5.41, 5.74) is 7.87. The van der Waals surface area contributed by atoms with Crippen molar-refractivity contribution in [3.63, 3.8) is 0 Å². The number of amides is 3. The van der Waals surface area contributed by atoms with Gasteiger partial charge in [0.05, 0.1) is 0 Å². The fourth-order valence-corrected chi connectivity index (χ4v) is 13.3. The number of carbonyl (C=O) groups is 3. The first-order valence-electron chi connectivity index (χ1n) is 27.8. The van der Waals surface area contributed by atoms with E-state index in [1.807, 2.05) is 0 Å². The van der Waals surface area contributed by atoms with Gasteiger partial charge in [0, 0.05) is 32.5 Å². The smallest absolute Gasteiger partial charge is 0.410 e. The number of ether oxygens (including phenoxy) is 1. The Kier molecular flexibility index (Phi) is 25.2. The maximum Gasteiger partial charge on any atom is 0.410 e. The minimum Gasteiger partial charge on any atom is -0.446 e.